The van der Waals surface area contributed by atoms with Gasteiger partial charge in [0.05, 0.1) is 24.7 Å². The van der Waals surface area contributed by atoms with Gasteiger partial charge in [-0.15, -0.1) is 0 Å². The third-order valence-corrected chi connectivity index (χ3v) is 7.14. The van der Waals surface area contributed by atoms with E-state index in [1.165, 1.54) is 18.4 Å². The highest BCUT2D eigenvalue weighted by Crippen LogP contribution is 2.26. The fourth-order valence-corrected chi connectivity index (χ4v) is 5.60. The highest BCUT2D eigenvalue weighted by molar-refractivity contribution is 7.91. The summed E-state index contributed by atoms with van der Waals surface area (Å²) in [4.78, 5) is 2.47. The van der Waals surface area contributed by atoms with Gasteiger partial charge in [-0.05, 0) is 62.3 Å². The van der Waals surface area contributed by atoms with Crippen molar-refractivity contribution in [1.82, 2.24) is 15.5 Å². The van der Waals surface area contributed by atoms with E-state index in [0.717, 1.165) is 18.8 Å². The van der Waals surface area contributed by atoms with Crippen LogP contribution in [0.1, 0.15) is 30.9 Å². The van der Waals surface area contributed by atoms with E-state index in [2.05, 4.69) is 27.7 Å². The summed E-state index contributed by atoms with van der Waals surface area (Å²) in [5.74, 6) is 1.26. The number of rotatable bonds is 6. The zero-order valence-corrected chi connectivity index (χ0v) is 16.7. The van der Waals surface area contributed by atoms with E-state index in [1.807, 2.05) is 12.1 Å². The quantitative estimate of drug-likeness (QED) is 0.705. The molecule has 1 aromatic carbocycles. The van der Waals surface area contributed by atoms with Crippen LogP contribution in [-0.4, -0.2) is 62.7 Å². The lowest BCUT2D eigenvalue weighted by molar-refractivity contribution is 0.245. The Labute approximate surface area is 161 Å². The Morgan fingerprint density at radius 1 is 1.31 bits per heavy atom. The Bertz CT molecular complexity index is 716. The summed E-state index contributed by atoms with van der Waals surface area (Å²) in [5.41, 5.74) is 1.23. The number of sulfone groups is 1. The molecule has 144 valence electrons. The number of thiocarbonyl (C=S) groups is 1. The van der Waals surface area contributed by atoms with E-state index in [0.29, 0.717) is 18.1 Å². The minimum atomic E-state index is -2.91. The average molecular weight is 398 g/mol. The van der Waals surface area contributed by atoms with Gasteiger partial charge in [0.2, 0.25) is 0 Å². The Kier molecular flexibility index (Phi) is 6.37. The summed E-state index contributed by atoms with van der Waals surface area (Å²) < 4.78 is 28.4. The number of hydrogen-bond donors (Lipinski definition) is 2. The Morgan fingerprint density at radius 2 is 2.00 bits per heavy atom. The van der Waals surface area contributed by atoms with Gasteiger partial charge in [-0.3, -0.25) is 4.90 Å². The number of ether oxygens (including phenoxy) is 1. The van der Waals surface area contributed by atoms with Gasteiger partial charge in [0.15, 0.2) is 14.9 Å². The van der Waals surface area contributed by atoms with Crippen LogP contribution in [0.5, 0.6) is 5.75 Å². The standard InChI is InChI=1S/C18H27N3O3S2/c1-24-16-6-4-14(5-7-16)17(21-9-2-3-10-21)12-19-18(25)20-15-8-11-26(22,23)13-15/h4-7,15,17H,2-3,8-13H2,1H3,(H2,19,20,25)/t15-,17+/m1/s1. The first-order chi connectivity index (χ1) is 12.5. The fraction of sp³-hybridized carbons (Fsp3) is 0.611. The van der Waals surface area contributed by atoms with Crippen molar-refractivity contribution in [2.45, 2.75) is 31.3 Å². The summed E-state index contributed by atoms with van der Waals surface area (Å²) in [5, 5.41) is 6.98. The molecular formula is C18H27N3O3S2. The van der Waals surface area contributed by atoms with E-state index >= 15 is 0 Å². The first kappa shape index (κ1) is 19.4. The molecule has 0 aromatic heterocycles. The first-order valence-electron chi connectivity index (χ1n) is 9.09. The molecule has 0 aliphatic carbocycles. The van der Waals surface area contributed by atoms with Crippen molar-refractivity contribution in [2.75, 3.05) is 38.2 Å². The van der Waals surface area contributed by atoms with E-state index < -0.39 is 9.84 Å². The maximum Gasteiger partial charge on any atom is 0.166 e. The Morgan fingerprint density at radius 3 is 2.58 bits per heavy atom. The molecule has 2 heterocycles. The number of methoxy groups -OCH3 is 1. The third kappa shape index (κ3) is 5.08. The summed E-state index contributed by atoms with van der Waals surface area (Å²) in [6, 6.07) is 8.32. The molecule has 2 aliphatic rings. The third-order valence-electron chi connectivity index (χ3n) is 5.11. The molecule has 2 atom stereocenters. The zero-order valence-electron chi connectivity index (χ0n) is 15.1. The minimum Gasteiger partial charge on any atom is -0.497 e. The summed E-state index contributed by atoms with van der Waals surface area (Å²) >= 11 is 5.39. The highest BCUT2D eigenvalue weighted by Gasteiger charge is 2.29. The molecular weight excluding hydrogens is 370 g/mol. The van der Waals surface area contributed by atoms with Crippen LogP contribution >= 0.6 is 12.2 Å². The van der Waals surface area contributed by atoms with E-state index in [4.69, 9.17) is 17.0 Å². The van der Waals surface area contributed by atoms with Crippen LogP contribution in [0.25, 0.3) is 0 Å². The molecule has 0 bridgehead atoms. The van der Waals surface area contributed by atoms with Crippen LogP contribution in [0.15, 0.2) is 24.3 Å². The monoisotopic (exact) mass is 397 g/mol. The molecule has 2 saturated heterocycles. The molecule has 0 spiro atoms. The molecule has 0 radical (unpaired) electrons. The van der Waals surface area contributed by atoms with Gasteiger partial charge in [-0.1, -0.05) is 12.1 Å². The van der Waals surface area contributed by atoms with E-state index in [1.54, 1.807) is 7.11 Å². The maximum absolute atomic E-state index is 11.6. The van der Waals surface area contributed by atoms with E-state index in [9.17, 15) is 8.42 Å². The molecule has 0 amide bonds. The summed E-state index contributed by atoms with van der Waals surface area (Å²) in [6.45, 7) is 2.86. The molecule has 26 heavy (non-hydrogen) atoms. The molecule has 2 fully saturated rings. The first-order valence-corrected chi connectivity index (χ1v) is 11.3. The molecule has 0 unspecified atom stereocenters. The van der Waals surface area contributed by atoms with Crippen LogP contribution < -0.4 is 15.4 Å². The molecule has 3 rings (SSSR count). The van der Waals surface area contributed by atoms with Gasteiger partial charge in [0, 0.05) is 12.6 Å². The van der Waals surface area contributed by atoms with Crippen LogP contribution in [0.4, 0.5) is 0 Å². The number of benzene rings is 1. The molecule has 1 aromatic rings. The van der Waals surface area contributed by atoms with Crippen LogP contribution in [0, 0.1) is 0 Å². The molecule has 0 saturated carbocycles. The van der Waals surface area contributed by atoms with Crippen molar-refractivity contribution in [3.05, 3.63) is 29.8 Å². The zero-order chi connectivity index (χ0) is 18.6. The molecule has 8 heteroatoms. The van der Waals surface area contributed by atoms with Crippen molar-refractivity contribution in [2.24, 2.45) is 0 Å². The number of hydrogen-bond acceptors (Lipinski definition) is 5. The van der Waals surface area contributed by atoms with Gasteiger partial charge >= 0.3 is 0 Å². The van der Waals surface area contributed by atoms with Crippen molar-refractivity contribution in [3.63, 3.8) is 0 Å². The molecule has 2 N–H and O–H groups in total. The lowest BCUT2D eigenvalue weighted by Gasteiger charge is -2.29. The van der Waals surface area contributed by atoms with Crippen LogP contribution in [0.2, 0.25) is 0 Å². The second-order valence-corrected chi connectivity index (χ2v) is 9.62. The molecule has 6 nitrogen and oxygen atoms in total. The van der Waals surface area contributed by atoms with Crippen molar-refractivity contribution >= 4 is 27.2 Å². The van der Waals surface area contributed by atoms with Crippen molar-refractivity contribution < 1.29 is 13.2 Å². The smallest absolute Gasteiger partial charge is 0.166 e. The minimum absolute atomic E-state index is 0.0776. The lowest BCUT2D eigenvalue weighted by Crippen LogP contribution is -2.45. The predicted octanol–water partition coefficient (Wildman–Crippen LogP) is 1.48. The van der Waals surface area contributed by atoms with Crippen molar-refractivity contribution in [1.29, 1.82) is 0 Å². The van der Waals surface area contributed by atoms with Crippen molar-refractivity contribution in [3.8, 4) is 5.75 Å². The molecule has 2 aliphatic heterocycles. The number of likely N-dealkylation sites (tertiary alicyclic amines) is 1. The van der Waals surface area contributed by atoms with Gasteiger partial charge in [-0.2, -0.15) is 0 Å². The largest absolute Gasteiger partial charge is 0.497 e. The van der Waals surface area contributed by atoms with Gasteiger partial charge in [0.1, 0.15) is 5.75 Å². The van der Waals surface area contributed by atoms with Crippen LogP contribution in [0.3, 0.4) is 0 Å². The van der Waals surface area contributed by atoms with Gasteiger partial charge in [-0.25, -0.2) is 8.42 Å². The van der Waals surface area contributed by atoms with Crippen LogP contribution in [-0.2, 0) is 9.84 Å². The SMILES string of the molecule is COc1ccc([C@H](CNC(=S)N[C@@H]2CCS(=O)(=O)C2)N2CCCC2)cc1. The predicted molar refractivity (Wildman–Crippen MR) is 107 cm³/mol. The second kappa shape index (κ2) is 8.54. The van der Waals surface area contributed by atoms with E-state index in [-0.39, 0.29) is 23.6 Å². The Hall–Kier alpha value is -1.38. The van der Waals surface area contributed by atoms with Gasteiger partial charge in [0.25, 0.3) is 0 Å². The maximum atomic E-state index is 11.6. The Balaban J connectivity index is 1.59. The summed E-state index contributed by atoms with van der Waals surface area (Å²) in [7, 11) is -1.24. The average Bonchev–Trinajstić information content (AvgIpc) is 3.25. The lowest BCUT2D eigenvalue weighted by atomic mass is 10.1. The second-order valence-electron chi connectivity index (χ2n) is 6.99. The fourth-order valence-electron chi connectivity index (χ4n) is 3.67. The van der Waals surface area contributed by atoms with Gasteiger partial charge < -0.3 is 15.4 Å². The highest BCUT2D eigenvalue weighted by atomic mass is 32.2. The number of nitrogens with zero attached hydrogens (tertiary/aromatic N) is 1. The number of nitrogens with one attached hydrogen (secondary N) is 2. The normalized spacial score (nSPS) is 23.5. The summed E-state index contributed by atoms with van der Waals surface area (Å²) in [6.07, 6.45) is 3.06. The topological polar surface area (TPSA) is 70.7 Å².